The predicted octanol–water partition coefficient (Wildman–Crippen LogP) is 4.26. The maximum atomic E-state index is 6.22. The molecular formula is C17H22O2. The van der Waals surface area contributed by atoms with Gasteiger partial charge >= 0.3 is 0 Å². The largest absolute Gasteiger partial charge is 0.490 e. The highest BCUT2D eigenvalue weighted by Gasteiger charge is 2.41. The molecule has 0 bridgehead atoms. The molecule has 2 fully saturated rings. The third-order valence-corrected chi connectivity index (χ3v) is 5.08. The molecule has 1 aromatic carbocycles. The maximum absolute atomic E-state index is 6.22. The zero-order chi connectivity index (χ0) is 12.7. The lowest BCUT2D eigenvalue weighted by Crippen LogP contribution is -2.45. The third kappa shape index (κ3) is 2.11. The van der Waals surface area contributed by atoms with Crippen LogP contribution in [0.2, 0.25) is 0 Å². The van der Waals surface area contributed by atoms with Gasteiger partial charge < -0.3 is 9.47 Å². The minimum absolute atomic E-state index is 0.195. The summed E-state index contributed by atoms with van der Waals surface area (Å²) < 4.78 is 12.3. The lowest BCUT2D eigenvalue weighted by atomic mass is 9.74. The van der Waals surface area contributed by atoms with Crippen LogP contribution >= 0.6 is 0 Å². The summed E-state index contributed by atoms with van der Waals surface area (Å²) in [6.07, 6.45) is 11.7. The van der Waals surface area contributed by atoms with Crippen LogP contribution in [0.1, 0.15) is 56.9 Å². The van der Waals surface area contributed by atoms with Gasteiger partial charge in [-0.2, -0.15) is 0 Å². The fraction of sp³-hybridized carbons (Fsp3) is 0.647. The van der Waals surface area contributed by atoms with E-state index in [1.807, 2.05) is 0 Å². The van der Waals surface area contributed by atoms with E-state index in [1.165, 1.54) is 56.9 Å². The average Bonchev–Trinajstić information content (AvgIpc) is 2.89. The van der Waals surface area contributed by atoms with Crippen LogP contribution in [0.3, 0.4) is 0 Å². The highest BCUT2D eigenvalue weighted by Crippen LogP contribution is 2.45. The Bertz CT molecular complexity index is 470. The molecule has 2 nitrogen and oxygen atoms in total. The van der Waals surface area contributed by atoms with Crippen molar-refractivity contribution in [2.45, 2.75) is 69.5 Å². The molecule has 2 heteroatoms. The number of rotatable bonds is 2. The molecule has 1 spiro atoms. The predicted molar refractivity (Wildman–Crippen MR) is 74.9 cm³/mol. The van der Waals surface area contributed by atoms with Crippen molar-refractivity contribution in [1.29, 1.82) is 0 Å². The number of aryl methyl sites for hydroxylation is 1. The van der Waals surface area contributed by atoms with E-state index >= 15 is 0 Å². The van der Waals surface area contributed by atoms with Gasteiger partial charge in [-0.1, -0.05) is 0 Å². The summed E-state index contributed by atoms with van der Waals surface area (Å²) in [4.78, 5) is 0. The Hall–Kier alpha value is -1.18. The van der Waals surface area contributed by atoms with E-state index in [-0.39, 0.29) is 5.60 Å². The van der Waals surface area contributed by atoms with Gasteiger partial charge in [-0.05, 0) is 81.5 Å². The van der Waals surface area contributed by atoms with Crippen LogP contribution in [0.5, 0.6) is 11.5 Å². The van der Waals surface area contributed by atoms with Crippen molar-refractivity contribution in [3.63, 3.8) is 0 Å². The van der Waals surface area contributed by atoms with Gasteiger partial charge in [-0.15, -0.1) is 0 Å². The lowest BCUT2D eigenvalue weighted by Gasteiger charge is -2.45. The molecule has 3 aliphatic rings. The molecule has 0 amide bonds. The Morgan fingerprint density at radius 1 is 1.05 bits per heavy atom. The summed E-state index contributed by atoms with van der Waals surface area (Å²) in [6.45, 7) is 0. The Kier molecular flexibility index (Phi) is 2.71. The number of hydrogen-bond donors (Lipinski definition) is 0. The molecule has 1 heterocycles. The first-order valence-corrected chi connectivity index (χ1v) is 7.82. The van der Waals surface area contributed by atoms with Crippen molar-refractivity contribution in [3.05, 3.63) is 23.8 Å². The first-order valence-electron chi connectivity index (χ1n) is 7.82. The molecule has 0 aromatic heterocycles. The Balaban J connectivity index is 1.51. The van der Waals surface area contributed by atoms with E-state index in [9.17, 15) is 0 Å². The van der Waals surface area contributed by atoms with Crippen LogP contribution in [0.15, 0.2) is 18.2 Å². The molecule has 0 saturated heterocycles. The zero-order valence-corrected chi connectivity index (χ0v) is 11.5. The smallest absolute Gasteiger partial charge is 0.123 e. The van der Waals surface area contributed by atoms with Crippen molar-refractivity contribution >= 4 is 0 Å². The van der Waals surface area contributed by atoms with Crippen LogP contribution in [0.25, 0.3) is 0 Å². The normalized spacial score (nSPS) is 24.6. The molecule has 1 aromatic rings. The SMILES string of the molecule is c1cc2c(cc1OC1CCCC1)CCC1(CCC1)O2. The van der Waals surface area contributed by atoms with Crippen molar-refractivity contribution in [3.8, 4) is 11.5 Å². The molecule has 2 saturated carbocycles. The second kappa shape index (κ2) is 4.43. The zero-order valence-electron chi connectivity index (χ0n) is 11.5. The van der Waals surface area contributed by atoms with Crippen molar-refractivity contribution in [2.75, 3.05) is 0 Å². The molecule has 1 aliphatic heterocycles. The maximum Gasteiger partial charge on any atom is 0.123 e. The first-order chi connectivity index (χ1) is 9.33. The number of ether oxygens (including phenoxy) is 2. The molecule has 0 radical (unpaired) electrons. The summed E-state index contributed by atoms with van der Waals surface area (Å²) >= 11 is 0. The Morgan fingerprint density at radius 2 is 1.89 bits per heavy atom. The second-order valence-electron chi connectivity index (χ2n) is 6.43. The topological polar surface area (TPSA) is 18.5 Å². The monoisotopic (exact) mass is 258 g/mol. The number of hydrogen-bond acceptors (Lipinski definition) is 2. The van der Waals surface area contributed by atoms with Crippen molar-refractivity contribution < 1.29 is 9.47 Å². The van der Waals surface area contributed by atoms with Gasteiger partial charge in [0.15, 0.2) is 0 Å². The fourth-order valence-corrected chi connectivity index (χ4v) is 3.69. The number of benzene rings is 1. The van der Waals surface area contributed by atoms with Gasteiger partial charge in [-0.25, -0.2) is 0 Å². The van der Waals surface area contributed by atoms with Crippen LogP contribution in [0.4, 0.5) is 0 Å². The second-order valence-corrected chi connectivity index (χ2v) is 6.43. The van der Waals surface area contributed by atoms with Crippen LogP contribution in [-0.4, -0.2) is 11.7 Å². The van der Waals surface area contributed by atoms with Gasteiger partial charge in [0.05, 0.1) is 6.10 Å². The minimum atomic E-state index is 0.195. The standard InChI is InChI=1S/C17H22O2/c1-2-5-14(4-1)18-15-6-7-16-13(12-15)8-11-17(19-16)9-3-10-17/h6-7,12,14H,1-5,8-11H2. The Morgan fingerprint density at radius 3 is 2.63 bits per heavy atom. The highest BCUT2D eigenvalue weighted by atomic mass is 16.5. The van der Waals surface area contributed by atoms with Crippen molar-refractivity contribution in [2.24, 2.45) is 0 Å². The van der Waals surface area contributed by atoms with E-state index in [0.29, 0.717) is 6.10 Å². The molecule has 102 valence electrons. The lowest BCUT2D eigenvalue weighted by molar-refractivity contribution is -0.0250. The van der Waals surface area contributed by atoms with Crippen molar-refractivity contribution in [1.82, 2.24) is 0 Å². The number of fused-ring (bicyclic) bond motifs is 1. The van der Waals surface area contributed by atoms with Crippen LogP contribution in [0, 0.1) is 0 Å². The first kappa shape index (κ1) is 11.6. The molecule has 2 aliphatic carbocycles. The van der Waals surface area contributed by atoms with E-state index < -0.39 is 0 Å². The summed E-state index contributed by atoms with van der Waals surface area (Å²) in [6, 6.07) is 6.42. The molecule has 0 atom stereocenters. The Labute approximate surface area is 115 Å². The summed E-state index contributed by atoms with van der Waals surface area (Å²) in [7, 11) is 0. The van der Waals surface area contributed by atoms with Gasteiger partial charge in [0.2, 0.25) is 0 Å². The van der Waals surface area contributed by atoms with E-state index in [4.69, 9.17) is 9.47 Å². The quantitative estimate of drug-likeness (QED) is 0.789. The van der Waals surface area contributed by atoms with Gasteiger partial charge in [-0.3, -0.25) is 0 Å². The highest BCUT2D eigenvalue weighted by molar-refractivity contribution is 5.42. The van der Waals surface area contributed by atoms with Gasteiger partial charge in [0, 0.05) is 0 Å². The average molecular weight is 258 g/mol. The molecule has 4 rings (SSSR count). The van der Waals surface area contributed by atoms with Gasteiger partial charge in [0.25, 0.3) is 0 Å². The third-order valence-electron chi connectivity index (χ3n) is 5.08. The summed E-state index contributed by atoms with van der Waals surface area (Å²) in [5.74, 6) is 2.14. The molecule has 0 N–H and O–H groups in total. The summed E-state index contributed by atoms with van der Waals surface area (Å²) in [5.41, 5.74) is 1.54. The van der Waals surface area contributed by atoms with E-state index in [1.54, 1.807) is 0 Å². The summed E-state index contributed by atoms with van der Waals surface area (Å²) in [5, 5.41) is 0. The van der Waals surface area contributed by atoms with Crippen LogP contribution in [-0.2, 0) is 6.42 Å². The van der Waals surface area contributed by atoms with Crippen LogP contribution < -0.4 is 9.47 Å². The molecule has 19 heavy (non-hydrogen) atoms. The minimum Gasteiger partial charge on any atom is -0.490 e. The van der Waals surface area contributed by atoms with Gasteiger partial charge in [0.1, 0.15) is 17.1 Å². The van der Waals surface area contributed by atoms with E-state index in [2.05, 4.69) is 18.2 Å². The molecule has 0 unspecified atom stereocenters. The molecular weight excluding hydrogens is 236 g/mol. The van der Waals surface area contributed by atoms with E-state index in [0.717, 1.165) is 17.9 Å². The fourth-order valence-electron chi connectivity index (χ4n) is 3.69.